The highest BCUT2D eigenvalue weighted by molar-refractivity contribution is 7.80. The van der Waals surface area contributed by atoms with E-state index in [2.05, 4.69) is 33.6 Å². The maximum absolute atomic E-state index is 13.6. The zero-order chi connectivity index (χ0) is 29.2. The van der Waals surface area contributed by atoms with Crippen LogP contribution in [-0.2, 0) is 36.8 Å². The van der Waals surface area contributed by atoms with Crippen LogP contribution in [0, 0.1) is 0 Å². The molecule has 0 aliphatic carbocycles. The van der Waals surface area contributed by atoms with Crippen LogP contribution in [0.1, 0.15) is 17.5 Å². The number of aromatic nitrogens is 1. The van der Waals surface area contributed by atoms with Crippen LogP contribution in [0.4, 0.5) is 0 Å². The SMILES string of the molecule is NC(CS)C(=O)NC(Cc1c[nH]c2ccccc12)C(=O)NC(Cc1ccccc1)C(=O)NC(CC(=O)O)C(=O)O. The molecule has 4 unspecified atom stereocenters. The Morgan fingerprint density at radius 1 is 0.800 bits per heavy atom. The maximum atomic E-state index is 13.6. The van der Waals surface area contributed by atoms with E-state index in [0.717, 1.165) is 16.5 Å². The smallest absolute Gasteiger partial charge is 0.326 e. The van der Waals surface area contributed by atoms with Crippen LogP contribution in [0.15, 0.2) is 60.8 Å². The summed E-state index contributed by atoms with van der Waals surface area (Å²) in [6, 6.07) is 10.9. The zero-order valence-corrected chi connectivity index (χ0v) is 22.3. The molecule has 13 heteroatoms. The summed E-state index contributed by atoms with van der Waals surface area (Å²) in [4.78, 5) is 65.1. The van der Waals surface area contributed by atoms with Crippen LogP contribution in [0.5, 0.6) is 0 Å². The Kier molecular flexibility index (Phi) is 10.7. The molecule has 3 aromatic rings. The molecule has 8 N–H and O–H groups in total. The molecular formula is C27H31N5O7S. The molecule has 0 spiro atoms. The molecule has 12 nitrogen and oxygen atoms in total. The number of H-pyrrole nitrogens is 1. The van der Waals surface area contributed by atoms with E-state index in [-0.39, 0.29) is 18.6 Å². The molecule has 3 rings (SSSR count). The molecule has 0 saturated heterocycles. The summed E-state index contributed by atoms with van der Waals surface area (Å²) in [7, 11) is 0. The van der Waals surface area contributed by atoms with Crippen molar-refractivity contribution < 1.29 is 34.2 Å². The number of hydrogen-bond donors (Lipinski definition) is 8. The van der Waals surface area contributed by atoms with Gasteiger partial charge in [0.05, 0.1) is 12.5 Å². The first-order chi connectivity index (χ1) is 19.1. The molecule has 1 heterocycles. The number of nitrogens with two attached hydrogens (primary N) is 1. The number of nitrogens with one attached hydrogen (secondary N) is 4. The van der Waals surface area contributed by atoms with Crippen molar-refractivity contribution >= 4 is 53.2 Å². The Hall–Kier alpha value is -4.36. The summed E-state index contributed by atoms with van der Waals surface area (Å²) >= 11 is 4.04. The number of aromatic amines is 1. The van der Waals surface area contributed by atoms with E-state index < -0.39 is 60.2 Å². The lowest BCUT2D eigenvalue weighted by molar-refractivity contribution is -0.147. The topological polar surface area (TPSA) is 204 Å². The van der Waals surface area contributed by atoms with Gasteiger partial charge in [-0.2, -0.15) is 12.6 Å². The number of thiol groups is 1. The molecule has 0 fully saturated rings. The number of rotatable bonds is 14. The second kappa shape index (κ2) is 14.1. The number of hydrogen-bond acceptors (Lipinski definition) is 7. The van der Waals surface area contributed by atoms with Crippen LogP contribution in [-0.4, -0.2) is 74.8 Å². The van der Waals surface area contributed by atoms with Crippen molar-refractivity contribution in [1.82, 2.24) is 20.9 Å². The standard InChI is InChI=1S/C27H31N5O7S/c28-18(14-40)24(35)30-21(11-16-13-29-19-9-5-4-8-17(16)19)26(37)31-20(10-15-6-2-1-3-7-15)25(36)32-22(27(38)39)12-23(33)34/h1-9,13,18,20-22,29,40H,10-12,14,28H2,(H,30,35)(H,31,37)(H,32,36)(H,33,34)(H,38,39). The minimum Gasteiger partial charge on any atom is -0.481 e. The van der Waals surface area contributed by atoms with Gasteiger partial charge in [-0.15, -0.1) is 0 Å². The number of carbonyl (C=O) groups excluding carboxylic acids is 3. The van der Waals surface area contributed by atoms with Crippen LogP contribution in [0.25, 0.3) is 10.9 Å². The number of carbonyl (C=O) groups is 5. The van der Waals surface area contributed by atoms with Gasteiger partial charge < -0.3 is 36.9 Å². The minimum absolute atomic E-state index is 0.0261. The summed E-state index contributed by atoms with van der Waals surface area (Å²) in [6.45, 7) is 0. The van der Waals surface area contributed by atoms with Gasteiger partial charge in [0.15, 0.2) is 0 Å². The van der Waals surface area contributed by atoms with Crippen LogP contribution < -0.4 is 21.7 Å². The first kappa shape index (κ1) is 30.2. The third-order valence-corrected chi connectivity index (χ3v) is 6.57. The van der Waals surface area contributed by atoms with Gasteiger partial charge in [-0.1, -0.05) is 48.5 Å². The summed E-state index contributed by atoms with van der Waals surface area (Å²) in [5.74, 6) is -5.15. The summed E-state index contributed by atoms with van der Waals surface area (Å²) in [6.07, 6.45) is 0.889. The van der Waals surface area contributed by atoms with Gasteiger partial charge >= 0.3 is 11.9 Å². The number of benzene rings is 2. The molecule has 0 saturated carbocycles. The summed E-state index contributed by atoms with van der Waals surface area (Å²) in [5, 5.41) is 26.7. The molecule has 4 atom stereocenters. The number of carboxylic acids is 2. The molecule has 212 valence electrons. The second-order valence-corrected chi connectivity index (χ2v) is 9.53. The highest BCUT2D eigenvalue weighted by Gasteiger charge is 2.31. The molecule has 2 aromatic carbocycles. The van der Waals surface area contributed by atoms with Crippen molar-refractivity contribution in [1.29, 1.82) is 0 Å². The van der Waals surface area contributed by atoms with Gasteiger partial charge in [-0.05, 0) is 17.2 Å². The van der Waals surface area contributed by atoms with Crippen LogP contribution in [0.2, 0.25) is 0 Å². The van der Waals surface area contributed by atoms with Crippen molar-refractivity contribution in [3.63, 3.8) is 0 Å². The fourth-order valence-electron chi connectivity index (χ4n) is 4.07. The number of carboxylic acid groups (broad SMARTS) is 2. The molecular weight excluding hydrogens is 538 g/mol. The number of fused-ring (bicyclic) bond motifs is 1. The average Bonchev–Trinajstić information content (AvgIpc) is 3.34. The van der Waals surface area contributed by atoms with Crippen LogP contribution in [0.3, 0.4) is 0 Å². The lowest BCUT2D eigenvalue weighted by Crippen LogP contribution is -2.58. The Bertz CT molecular complexity index is 1360. The van der Waals surface area contributed by atoms with E-state index in [0.29, 0.717) is 5.56 Å². The van der Waals surface area contributed by atoms with Crippen LogP contribution >= 0.6 is 12.6 Å². The van der Waals surface area contributed by atoms with Gasteiger partial charge in [-0.25, -0.2) is 4.79 Å². The van der Waals surface area contributed by atoms with Gasteiger partial charge in [0.25, 0.3) is 0 Å². The predicted molar refractivity (Wildman–Crippen MR) is 150 cm³/mol. The average molecular weight is 570 g/mol. The second-order valence-electron chi connectivity index (χ2n) is 9.16. The van der Waals surface area contributed by atoms with Gasteiger partial charge in [0.2, 0.25) is 17.7 Å². The fraction of sp³-hybridized carbons (Fsp3) is 0.296. The Labute approximate surface area is 235 Å². The van der Waals surface area contributed by atoms with Crippen molar-refractivity contribution in [2.45, 2.75) is 43.4 Å². The summed E-state index contributed by atoms with van der Waals surface area (Å²) < 4.78 is 0. The van der Waals surface area contributed by atoms with E-state index in [1.165, 1.54) is 0 Å². The highest BCUT2D eigenvalue weighted by atomic mass is 32.1. The molecule has 1 aromatic heterocycles. The molecule has 0 bridgehead atoms. The monoisotopic (exact) mass is 569 g/mol. The lowest BCUT2D eigenvalue weighted by Gasteiger charge is -2.25. The first-order valence-corrected chi connectivity index (χ1v) is 13.0. The van der Waals surface area contributed by atoms with E-state index in [1.54, 1.807) is 36.5 Å². The van der Waals surface area contributed by atoms with Gasteiger partial charge in [-0.3, -0.25) is 19.2 Å². The van der Waals surface area contributed by atoms with E-state index in [1.807, 2.05) is 24.3 Å². The molecule has 0 aliphatic heterocycles. The van der Waals surface area contributed by atoms with E-state index in [9.17, 15) is 29.1 Å². The maximum Gasteiger partial charge on any atom is 0.326 e. The zero-order valence-electron chi connectivity index (χ0n) is 21.4. The Balaban J connectivity index is 1.88. The third kappa shape index (κ3) is 8.32. The van der Waals surface area contributed by atoms with Crippen molar-refractivity contribution in [3.05, 3.63) is 71.9 Å². The molecule has 0 radical (unpaired) electrons. The highest BCUT2D eigenvalue weighted by Crippen LogP contribution is 2.19. The Morgan fingerprint density at radius 2 is 1.38 bits per heavy atom. The number of aliphatic carboxylic acids is 2. The number of amides is 3. The number of para-hydroxylation sites is 1. The van der Waals surface area contributed by atoms with Gasteiger partial charge in [0.1, 0.15) is 18.1 Å². The van der Waals surface area contributed by atoms with Crippen molar-refractivity contribution in [2.24, 2.45) is 5.73 Å². The third-order valence-electron chi connectivity index (χ3n) is 6.17. The lowest BCUT2D eigenvalue weighted by atomic mass is 10.0. The minimum atomic E-state index is -1.71. The van der Waals surface area contributed by atoms with Crippen molar-refractivity contribution in [2.75, 3.05) is 5.75 Å². The van der Waals surface area contributed by atoms with Gasteiger partial charge in [0, 0.05) is 35.7 Å². The van der Waals surface area contributed by atoms with E-state index in [4.69, 9.17) is 10.8 Å². The van der Waals surface area contributed by atoms with E-state index >= 15 is 0 Å². The normalized spacial score (nSPS) is 13.9. The summed E-state index contributed by atoms with van der Waals surface area (Å²) in [5.41, 5.74) is 8.02. The predicted octanol–water partition coefficient (Wildman–Crippen LogP) is 0.224. The molecule has 3 amide bonds. The fourth-order valence-corrected chi connectivity index (χ4v) is 4.24. The molecule has 40 heavy (non-hydrogen) atoms. The molecule has 0 aliphatic rings. The Morgan fingerprint density at radius 3 is 2.00 bits per heavy atom. The largest absolute Gasteiger partial charge is 0.481 e. The van der Waals surface area contributed by atoms with Crippen molar-refractivity contribution in [3.8, 4) is 0 Å². The first-order valence-electron chi connectivity index (χ1n) is 12.4. The quantitative estimate of drug-likeness (QED) is 0.126.